The van der Waals surface area contributed by atoms with Crippen LogP contribution in [-0.2, 0) is 28.7 Å². The molecule has 0 aromatic carbocycles. The van der Waals surface area contributed by atoms with Crippen LogP contribution in [0.15, 0.2) is 5.11 Å². The van der Waals surface area contributed by atoms with Gasteiger partial charge in [-0.25, -0.2) is 4.79 Å². The van der Waals surface area contributed by atoms with Gasteiger partial charge < -0.3 is 25.2 Å². The number of unbranched alkanes of at least 4 members (excludes halogenated alkanes) is 12. The van der Waals surface area contributed by atoms with Crippen molar-refractivity contribution in [2.45, 2.75) is 116 Å². The minimum Gasteiger partial charge on any atom is -0.480 e. The van der Waals surface area contributed by atoms with Crippen LogP contribution in [-0.4, -0.2) is 74.2 Å². The fourth-order valence-corrected chi connectivity index (χ4v) is 4.04. The van der Waals surface area contributed by atoms with Crippen molar-refractivity contribution in [3.8, 4) is 0 Å². The number of nitrogens with one attached hydrogen (secondary N) is 2. The first-order valence-corrected chi connectivity index (χ1v) is 14.8. The number of nitrogens with zero attached hydrogens (tertiary/aromatic N) is 3. The van der Waals surface area contributed by atoms with Crippen LogP contribution in [0.2, 0.25) is 0 Å². The molecule has 0 aliphatic carbocycles. The highest BCUT2D eigenvalue weighted by Crippen LogP contribution is 2.13. The number of carbonyl (C=O) groups excluding carboxylic acids is 3. The first kappa shape index (κ1) is 37.3. The molecule has 3 N–H and O–H groups in total. The molecule has 0 spiro atoms. The Kier molecular flexibility index (Phi) is 26.0. The van der Waals surface area contributed by atoms with Crippen LogP contribution < -0.4 is 10.6 Å². The van der Waals surface area contributed by atoms with Gasteiger partial charge in [-0.2, -0.15) is 0 Å². The summed E-state index contributed by atoms with van der Waals surface area (Å²) in [6, 6.07) is -1.09. The standard InChI is InChI=1S/C28H51N5O7/c1-24(34)23-40-22-21-39-20-19-30-26(35)17-16-25(28(37)38)32-27(36)15-13-11-9-7-5-3-2-4-6-8-10-12-14-18-31-33-29/h25H,2-23H2,1H3,(H,30,35)(H,32,36)(H,37,38)/t25-/m1/s1. The minimum atomic E-state index is -1.15. The number of ether oxygens (including phenoxy) is 2. The van der Waals surface area contributed by atoms with Crippen molar-refractivity contribution in [2.75, 3.05) is 39.5 Å². The van der Waals surface area contributed by atoms with Crippen LogP contribution in [0.25, 0.3) is 10.4 Å². The fourth-order valence-electron chi connectivity index (χ4n) is 4.04. The molecule has 0 saturated carbocycles. The summed E-state index contributed by atoms with van der Waals surface area (Å²) in [6.45, 7) is 3.24. The second-order valence-electron chi connectivity index (χ2n) is 10.0. The summed E-state index contributed by atoms with van der Waals surface area (Å²) >= 11 is 0. The van der Waals surface area contributed by atoms with E-state index in [1.165, 1.54) is 51.9 Å². The quantitative estimate of drug-likeness (QED) is 0.0498. The lowest BCUT2D eigenvalue weighted by Crippen LogP contribution is -2.41. The Morgan fingerprint density at radius 2 is 1.32 bits per heavy atom. The molecule has 230 valence electrons. The minimum absolute atomic E-state index is 0.0160. The van der Waals surface area contributed by atoms with Gasteiger partial charge in [0.2, 0.25) is 11.8 Å². The summed E-state index contributed by atoms with van der Waals surface area (Å²) in [4.78, 5) is 49.1. The molecule has 2 amide bonds. The van der Waals surface area contributed by atoms with E-state index in [9.17, 15) is 24.3 Å². The van der Waals surface area contributed by atoms with E-state index in [4.69, 9.17) is 15.0 Å². The molecule has 0 unspecified atom stereocenters. The van der Waals surface area contributed by atoms with Crippen LogP contribution in [0, 0.1) is 0 Å². The number of hydrogen-bond acceptors (Lipinski definition) is 7. The van der Waals surface area contributed by atoms with Crippen molar-refractivity contribution < 1.29 is 33.8 Å². The molecule has 0 saturated heterocycles. The number of ketones is 1. The van der Waals surface area contributed by atoms with Crippen molar-refractivity contribution >= 4 is 23.6 Å². The van der Waals surface area contributed by atoms with Gasteiger partial charge in [0.15, 0.2) is 5.78 Å². The summed E-state index contributed by atoms with van der Waals surface area (Å²) in [5.41, 5.74) is 8.22. The zero-order valence-electron chi connectivity index (χ0n) is 24.4. The molecule has 0 bridgehead atoms. The van der Waals surface area contributed by atoms with E-state index in [1.807, 2.05) is 0 Å². The highest BCUT2D eigenvalue weighted by atomic mass is 16.5. The molecule has 0 rings (SSSR count). The zero-order chi connectivity index (χ0) is 29.7. The SMILES string of the molecule is CC(=O)COCCOCCNC(=O)CC[C@@H](NC(=O)CCCCCCCCCCCCCCCN=[N+]=[N-])C(=O)O. The van der Waals surface area contributed by atoms with E-state index in [-0.39, 0.29) is 56.6 Å². The van der Waals surface area contributed by atoms with E-state index in [0.29, 0.717) is 19.8 Å². The summed E-state index contributed by atoms with van der Waals surface area (Å²) in [5.74, 6) is -1.82. The number of hydrogen-bond donors (Lipinski definition) is 3. The number of azide groups is 1. The monoisotopic (exact) mass is 569 g/mol. The van der Waals surface area contributed by atoms with E-state index < -0.39 is 12.0 Å². The van der Waals surface area contributed by atoms with Gasteiger partial charge in [0.05, 0.1) is 19.8 Å². The summed E-state index contributed by atoms with van der Waals surface area (Å²) in [7, 11) is 0. The van der Waals surface area contributed by atoms with Crippen molar-refractivity contribution in [1.82, 2.24) is 10.6 Å². The molecule has 0 aliphatic heterocycles. The Balaban J connectivity index is 3.68. The molecule has 0 aromatic heterocycles. The molecule has 0 aliphatic rings. The van der Waals surface area contributed by atoms with Gasteiger partial charge in [0.25, 0.3) is 0 Å². The van der Waals surface area contributed by atoms with Gasteiger partial charge in [0, 0.05) is 30.8 Å². The van der Waals surface area contributed by atoms with Crippen LogP contribution in [0.4, 0.5) is 0 Å². The highest BCUT2D eigenvalue weighted by Gasteiger charge is 2.20. The normalized spacial score (nSPS) is 11.4. The molecule has 0 fully saturated rings. The number of carboxylic acids is 1. The maximum absolute atomic E-state index is 12.2. The topological polar surface area (TPSA) is 180 Å². The van der Waals surface area contributed by atoms with Gasteiger partial charge in [-0.15, -0.1) is 0 Å². The van der Waals surface area contributed by atoms with E-state index >= 15 is 0 Å². The van der Waals surface area contributed by atoms with Gasteiger partial charge in [-0.3, -0.25) is 14.4 Å². The molecule has 1 atom stereocenters. The average molecular weight is 570 g/mol. The number of carboxylic acid groups (broad SMARTS) is 1. The first-order valence-electron chi connectivity index (χ1n) is 14.8. The average Bonchev–Trinajstić information content (AvgIpc) is 2.91. The third-order valence-corrected chi connectivity index (χ3v) is 6.26. The van der Waals surface area contributed by atoms with Gasteiger partial charge in [-0.1, -0.05) is 75.7 Å². The van der Waals surface area contributed by atoms with Crippen LogP contribution in [0.5, 0.6) is 0 Å². The lowest BCUT2D eigenvalue weighted by Gasteiger charge is -2.14. The van der Waals surface area contributed by atoms with Crippen molar-refractivity contribution in [3.05, 3.63) is 10.4 Å². The maximum Gasteiger partial charge on any atom is 0.326 e. The van der Waals surface area contributed by atoms with Crippen LogP contribution in [0.1, 0.15) is 110 Å². The summed E-state index contributed by atoms with van der Waals surface area (Å²) in [6.07, 6.45) is 14.9. The van der Waals surface area contributed by atoms with E-state index in [1.54, 1.807) is 0 Å². The number of Topliss-reactive ketones (excluding diaryl/α,β-unsaturated/α-hetero) is 1. The van der Waals surface area contributed by atoms with Crippen LogP contribution in [0.3, 0.4) is 0 Å². The number of aliphatic carboxylic acids is 1. The molecule has 0 heterocycles. The summed E-state index contributed by atoms with van der Waals surface area (Å²) < 4.78 is 10.3. The van der Waals surface area contributed by atoms with Gasteiger partial charge >= 0.3 is 5.97 Å². The number of amides is 2. The zero-order valence-corrected chi connectivity index (χ0v) is 24.4. The van der Waals surface area contributed by atoms with Crippen LogP contribution >= 0.6 is 0 Å². The van der Waals surface area contributed by atoms with Gasteiger partial charge in [-0.05, 0) is 31.7 Å². The van der Waals surface area contributed by atoms with Crippen molar-refractivity contribution in [2.24, 2.45) is 5.11 Å². The maximum atomic E-state index is 12.2. The molecule has 0 radical (unpaired) electrons. The molecule has 12 nitrogen and oxygen atoms in total. The molecule has 0 aromatic rings. The summed E-state index contributed by atoms with van der Waals surface area (Å²) in [5, 5.41) is 18.1. The molecular weight excluding hydrogens is 518 g/mol. The first-order chi connectivity index (χ1) is 19.4. The van der Waals surface area contributed by atoms with Crippen molar-refractivity contribution in [1.29, 1.82) is 0 Å². The lowest BCUT2D eigenvalue weighted by atomic mass is 10.0. The highest BCUT2D eigenvalue weighted by molar-refractivity contribution is 5.84. The van der Waals surface area contributed by atoms with Gasteiger partial charge in [0.1, 0.15) is 12.6 Å². The van der Waals surface area contributed by atoms with E-state index in [2.05, 4.69) is 20.7 Å². The third kappa shape index (κ3) is 26.9. The molecular formula is C28H51N5O7. The van der Waals surface area contributed by atoms with E-state index in [0.717, 1.165) is 38.5 Å². The Labute approximate surface area is 238 Å². The Morgan fingerprint density at radius 1 is 0.775 bits per heavy atom. The Hall–Kier alpha value is -2.69. The fraction of sp³-hybridized carbons (Fsp3) is 0.857. The van der Waals surface area contributed by atoms with Crippen molar-refractivity contribution in [3.63, 3.8) is 0 Å². The third-order valence-electron chi connectivity index (χ3n) is 6.26. The largest absolute Gasteiger partial charge is 0.480 e. The molecule has 40 heavy (non-hydrogen) atoms. The predicted octanol–water partition coefficient (Wildman–Crippen LogP) is 4.85. The lowest BCUT2D eigenvalue weighted by molar-refractivity contribution is -0.142. The Bertz CT molecular complexity index is 745. The smallest absolute Gasteiger partial charge is 0.326 e. The Morgan fingerprint density at radius 3 is 1.88 bits per heavy atom. The number of rotatable bonds is 29. The second-order valence-corrected chi connectivity index (χ2v) is 10.0. The number of carbonyl (C=O) groups is 4. The molecule has 12 heteroatoms. The second kappa shape index (κ2) is 27.9. The predicted molar refractivity (Wildman–Crippen MR) is 153 cm³/mol.